The van der Waals surface area contributed by atoms with Crippen molar-refractivity contribution in [2.24, 2.45) is 11.3 Å². The first-order valence-corrected chi connectivity index (χ1v) is 7.89. The van der Waals surface area contributed by atoms with E-state index in [-0.39, 0.29) is 6.61 Å². The van der Waals surface area contributed by atoms with Crippen molar-refractivity contribution in [2.45, 2.75) is 58.2 Å². The van der Waals surface area contributed by atoms with Crippen molar-refractivity contribution in [2.75, 3.05) is 6.61 Å². The fourth-order valence-corrected chi connectivity index (χ4v) is 3.18. The SMILES string of the molecule is CC(C)(C)OC(=O)n1ccc(OCC(O)C2CCC23CC3)n1. The second-order valence-electron chi connectivity index (χ2n) is 7.46. The number of aromatic nitrogens is 2. The summed E-state index contributed by atoms with van der Waals surface area (Å²) in [6.07, 6.45) is 5.30. The molecule has 1 spiro atoms. The van der Waals surface area contributed by atoms with Crippen LogP contribution >= 0.6 is 0 Å². The average molecular weight is 308 g/mol. The molecule has 0 saturated heterocycles. The van der Waals surface area contributed by atoms with Crippen LogP contribution in [0.4, 0.5) is 4.79 Å². The van der Waals surface area contributed by atoms with Crippen LogP contribution in [0.2, 0.25) is 0 Å². The maximum Gasteiger partial charge on any atom is 0.435 e. The lowest BCUT2D eigenvalue weighted by Gasteiger charge is -2.40. The van der Waals surface area contributed by atoms with Gasteiger partial charge in [0, 0.05) is 12.3 Å². The number of nitrogens with zero attached hydrogens (tertiary/aromatic N) is 2. The lowest BCUT2D eigenvalue weighted by atomic mass is 9.67. The third-order valence-corrected chi connectivity index (χ3v) is 4.64. The molecule has 1 aromatic rings. The molecule has 3 rings (SSSR count). The molecule has 0 bridgehead atoms. The number of hydrogen-bond acceptors (Lipinski definition) is 5. The van der Waals surface area contributed by atoms with Crippen LogP contribution in [0.5, 0.6) is 5.88 Å². The van der Waals surface area contributed by atoms with Gasteiger partial charge in [-0.15, -0.1) is 5.10 Å². The third kappa shape index (κ3) is 3.11. The summed E-state index contributed by atoms with van der Waals surface area (Å²) in [6, 6.07) is 1.60. The van der Waals surface area contributed by atoms with E-state index in [1.54, 1.807) is 26.8 Å². The quantitative estimate of drug-likeness (QED) is 0.925. The number of aliphatic hydroxyl groups excluding tert-OH is 1. The fraction of sp³-hybridized carbons (Fsp3) is 0.750. The summed E-state index contributed by atoms with van der Waals surface area (Å²) in [5, 5.41) is 14.3. The van der Waals surface area contributed by atoms with Gasteiger partial charge in [-0.05, 0) is 57.8 Å². The summed E-state index contributed by atoms with van der Waals surface area (Å²) in [7, 11) is 0. The summed E-state index contributed by atoms with van der Waals surface area (Å²) in [6.45, 7) is 5.62. The molecule has 2 aliphatic carbocycles. The first-order chi connectivity index (χ1) is 10.3. The molecule has 2 unspecified atom stereocenters. The van der Waals surface area contributed by atoms with Crippen LogP contribution in [0.1, 0.15) is 46.5 Å². The minimum absolute atomic E-state index is 0.220. The average Bonchev–Trinajstić information content (AvgIpc) is 3.08. The molecule has 122 valence electrons. The van der Waals surface area contributed by atoms with Crippen LogP contribution in [0.3, 0.4) is 0 Å². The zero-order chi connectivity index (χ0) is 16.0. The van der Waals surface area contributed by atoms with E-state index in [9.17, 15) is 9.90 Å². The van der Waals surface area contributed by atoms with Gasteiger partial charge in [0.1, 0.15) is 12.2 Å². The Morgan fingerprint density at radius 3 is 2.77 bits per heavy atom. The Morgan fingerprint density at radius 2 is 2.23 bits per heavy atom. The molecular weight excluding hydrogens is 284 g/mol. The normalized spacial score (nSPS) is 23.7. The van der Waals surface area contributed by atoms with E-state index in [4.69, 9.17) is 9.47 Å². The van der Waals surface area contributed by atoms with Gasteiger partial charge in [-0.2, -0.15) is 4.68 Å². The van der Waals surface area contributed by atoms with E-state index in [0.29, 0.717) is 17.2 Å². The van der Waals surface area contributed by atoms with Crippen molar-refractivity contribution in [1.82, 2.24) is 9.78 Å². The lowest BCUT2D eigenvalue weighted by Crippen LogP contribution is -2.40. The Morgan fingerprint density at radius 1 is 1.50 bits per heavy atom. The Balaban J connectivity index is 1.50. The lowest BCUT2D eigenvalue weighted by molar-refractivity contribution is -0.0271. The van der Waals surface area contributed by atoms with Crippen LogP contribution in [0, 0.1) is 11.3 Å². The first kappa shape index (κ1) is 15.3. The smallest absolute Gasteiger partial charge is 0.435 e. The molecule has 2 aliphatic rings. The minimum atomic E-state index is -0.566. The maximum absolute atomic E-state index is 11.8. The molecule has 2 fully saturated rings. The van der Waals surface area contributed by atoms with Crippen LogP contribution in [0.25, 0.3) is 0 Å². The fourth-order valence-electron chi connectivity index (χ4n) is 3.18. The number of carbonyl (C=O) groups is 1. The van der Waals surface area contributed by atoms with Gasteiger partial charge in [0.25, 0.3) is 0 Å². The number of rotatable bonds is 4. The minimum Gasteiger partial charge on any atom is -0.474 e. The number of hydrogen-bond donors (Lipinski definition) is 1. The topological polar surface area (TPSA) is 73.6 Å². The molecule has 0 radical (unpaired) electrons. The summed E-state index contributed by atoms with van der Waals surface area (Å²) in [5.41, 5.74) is -0.151. The highest BCUT2D eigenvalue weighted by atomic mass is 16.6. The third-order valence-electron chi connectivity index (χ3n) is 4.64. The Labute approximate surface area is 130 Å². The maximum atomic E-state index is 11.8. The van der Waals surface area contributed by atoms with Crippen LogP contribution < -0.4 is 4.74 Å². The van der Waals surface area contributed by atoms with Crippen molar-refractivity contribution in [3.8, 4) is 5.88 Å². The predicted molar refractivity (Wildman–Crippen MR) is 79.8 cm³/mol. The zero-order valence-corrected chi connectivity index (χ0v) is 13.4. The Bertz CT molecular complexity index is 557. The molecule has 22 heavy (non-hydrogen) atoms. The van der Waals surface area contributed by atoms with E-state index in [1.807, 2.05) is 0 Å². The highest BCUT2D eigenvalue weighted by Gasteiger charge is 2.57. The second-order valence-corrected chi connectivity index (χ2v) is 7.46. The van der Waals surface area contributed by atoms with Crippen molar-refractivity contribution in [3.05, 3.63) is 12.3 Å². The standard InChI is InChI=1S/C16H24N2O4/c1-15(2,3)22-14(20)18-9-5-13(17-18)21-10-12(19)11-4-6-16(11)7-8-16/h5,9,11-12,19H,4,6-8,10H2,1-3H3. The van der Waals surface area contributed by atoms with Gasteiger partial charge < -0.3 is 14.6 Å². The molecular formula is C16H24N2O4. The van der Waals surface area contributed by atoms with Gasteiger partial charge in [-0.3, -0.25) is 0 Å². The molecule has 0 aromatic carbocycles. The summed E-state index contributed by atoms with van der Waals surface area (Å²) in [4.78, 5) is 11.8. The van der Waals surface area contributed by atoms with E-state index < -0.39 is 17.8 Å². The molecule has 1 aromatic heterocycles. The Hall–Kier alpha value is -1.56. The number of carbonyl (C=O) groups excluding carboxylic acids is 1. The van der Waals surface area contributed by atoms with Crippen molar-refractivity contribution < 1.29 is 19.4 Å². The van der Waals surface area contributed by atoms with Gasteiger partial charge in [0.2, 0.25) is 5.88 Å². The molecule has 1 N–H and O–H groups in total. The van der Waals surface area contributed by atoms with Gasteiger partial charge in [0.15, 0.2) is 0 Å². The van der Waals surface area contributed by atoms with Crippen molar-refractivity contribution >= 4 is 6.09 Å². The van der Waals surface area contributed by atoms with Crippen LogP contribution in [0.15, 0.2) is 12.3 Å². The molecule has 0 amide bonds. The largest absolute Gasteiger partial charge is 0.474 e. The number of aliphatic hydroxyl groups is 1. The molecule has 6 nitrogen and oxygen atoms in total. The predicted octanol–water partition coefficient (Wildman–Crippen LogP) is 2.60. The van der Waals surface area contributed by atoms with Crippen LogP contribution in [-0.2, 0) is 4.74 Å². The highest BCUT2D eigenvalue weighted by Crippen LogP contribution is 2.65. The van der Waals surface area contributed by atoms with E-state index >= 15 is 0 Å². The summed E-state index contributed by atoms with van der Waals surface area (Å²) < 4.78 is 11.8. The van der Waals surface area contributed by atoms with Crippen molar-refractivity contribution in [3.63, 3.8) is 0 Å². The van der Waals surface area contributed by atoms with E-state index in [2.05, 4.69) is 5.10 Å². The first-order valence-electron chi connectivity index (χ1n) is 7.89. The van der Waals surface area contributed by atoms with Gasteiger partial charge in [-0.25, -0.2) is 4.79 Å². The summed E-state index contributed by atoms with van der Waals surface area (Å²) in [5.74, 6) is 0.689. The highest BCUT2D eigenvalue weighted by molar-refractivity contribution is 5.69. The van der Waals surface area contributed by atoms with Gasteiger partial charge >= 0.3 is 6.09 Å². The van der Waals surface area contributed by atoms with E-state index in [1.165, 1.54) is 25.5 Å². The van der Waals surface area contributed by atoms with Gasteiger partial charge in [0.05, 0.1) is 6.10 Å². The zero-order valence-electron chi connectivity index (χ0n) is 13.4. The van der Waals surface area contributed by atoms with Crippen molar-refractivity contribution in [1.29, 1.82) is 0 Å². The molecule has 2 saturated carbocycles. The monoisotopic (exact) mass is 308 g/mol. The molecule has 2 atom stereocenters. The van der Waals surface area contributed by atoms with E-state index in [0.717, 1.165) is 11.1 Å². The second kappa shape index (κ2) is 5.26. The molecule has 6 heteroatoms. The number of ether oxygens (including phenoxy) is 2. The molecule has 1 heterocycles. The summed E-state index contributed by atoms with van der Waals surface area (Å²) >= 11 is 0. The Kier molecular flexibility index (Phi) is 3.67. The van der Waals surface area contributed by atoms with Crippen LogP contribution in [-0.4, -0.2) is 39.3 Å². The van der Waals surface area contributed by atoms with Gasteiger partial charge in [-0.1, -0.05) is 0 Å². The molecule has 0 aliphatic heterocycles.